The minimum absolute atomic E-state index is 0.151. The summed E-state index contributed by atoms with van der Waals surface area (Å²) in [5, 5.41) is 19.4. The summed E-state index contributed by atoms with van der Waals surface area (Å²) in [5.74, 6) is 0.151. The molecule has 3 nitrogen and oxygen atoms in total. The van der Waals surface area contributed by atoms with Gasteiger partial charge in [-0.05, 0) is 24.6 Å². The third-order valence-electron chi connectivity index (χ3n) is 2.11. The smallest absolute Gasteiger partial charge is 0.189 e. The Morgan fingerprint density at radius 2 is 2.08 bits per heavy atom. The predicted molar refractivity (Wildman–Crippen MR) is 50.6 cm³/mol. The van der Waals surface area contributed by atoms with Gasteiger partial charge < -0.3 is 15.2 Å². The van der Waals surface area contributed by atoms with E-state index in [9.17, 15) is 5.11 Å². The van der Waals surface area contributed by atoms with Gasteiger partial charge in [0.2, 0.25) is 0 Å². The Bertz CT molecular complexity index is 431. The summed E-state index contributed by atoms with van der Waals surface area (Å²) in [6.45, 7) is 1.72. The number of hydrogen-bond donors (Lipinski definition) is 3. The fourth-order valence-electron chi connectivity index (χ4n) is 1.40. The molecule has 0 saturated heterocycles. The zero-order valence-electron chi connectivity index (χ0n) is 7.28. The number of rotatable bonds is 1. The summed E-state index contributed by atoms with van der Waals surface area (Å²) in [6, 6.07) is 7.18. The number of aromatic amines is 1. The molecule has 1 unspecified atom stereocenters. The lowest BCUT2D eigenvalue weighted by atomic mass is 10.1. The van der Waals surface area contributed by atoms with Crippen LogP contribution in [0.3, 0.4) is 0 Å². The zero-order valence-corrected chi connectivity index (χ0v) is 7.28. The van der Waals surface area contributed by atoms with Gasteiger partial charge in [0.25, 0.3) is 0 Å². The summed E-state index contributed by atoms with van der Waals surface area (Å²) in [6.07, 6.45) is -0.471. The minimum Gasteiger partial charge on any atom is -0.495 e. The average molecular weight is 177 g/mol. The number of aromatic nitrogens is 1. The van der Waals surface area contributed by atoms with Crippen LogP contribution in [0.5, 0.6) is 5.88 Å². The van der Waals surface area contributed by atoms with Gasteiger partial charge in [-0.3, -0.25) is 0 Å². The molecular formula is C10H11NO2. The molecule has 0 aliphatic rings. The quantitative estimate of drug-likeness (QED) is 0.623. The van der Waals surface area contributed by atoms with Crippen LogP contribution < -0.4 is 0 Å². The largest absolute Gasteiger partial charge is 0.495 e. The van der Waals surface area contributed by atoms with Gasteiger partial charge in [-0.1, -0.05) is 6.07 Å². The van der Waals surface area contributed by atoms with Crippen molar-refractivity contribution in [3.8, 4) is 5.88 Å². The third kappa shape index (κ3) is 1.38. The van der Waals surface area contributed by atoms with Crippen molar-refractivity contribution in [3.63, 3.8) is 0 Å². The number of nitrogens with one attached hydrogen (secondary N) is 1. The monoisotopic (exact) mass is 177 g/mol. The first kappa shape index (κ1) is 8.13. The highest BCUT2D eigenvalue weighted by molar-refractivity contribution is 5.82. The third-order valence-corrected chi connectivity index (χ3v) is 2.11. The number of benzene rings is 1. The van der Waals surface area contributed by atoms with Crippen molar-refractivity contribution in [2.75, 3.05) is 0 Å². The van der Waals surface area contributed by atoms with Crippen LogP contribution in [0.2, 0.25) is 0 Å². The van der Waals surface area contributed by atoms with Gasteiger partial charge in [0, 0.05) is 17.0 Å². The number of H-pyrrole nitrogens is 1. The van der Waals surface area contributed by atoms with E-state index in [4.69, 9.17) is 5.11 Å². The van der Waals surface area contributed by atoms with Gasteiger partial charge in [0.15, 0.2) is 5.88 Å². The molecule has 1 aromatic heterocycles. The predicted octanol–water partition coefficient (Wildman–Crippen LogP) is 1.93. The minimum atomic E-state index is -0.471. The van der Waals surface area contributed by atoms with Crippen LogP contribution in [-0.4, -0.2) is 15.2 Å². The first-order valence-corrected chi connectivity index (χ1v) is 4.16. The molecule has 1 aromatic carbocycles. The molecule has 13 heavy (non-hydrogen) atoms. The molecule has 3 heteroatoms. The Morgan fingerprint density at radius 1 is 1.31 bits per heavy atom. The molecule has 2 rings (SSSR count). The molecule has 1 atom stereocenters. The molecule has 0 aliphatic carbocycles. The van der Waals surface area contributed by atoms with E-state index in [0.717, 1.165) is 16.5 Å². The Kier molecular flexibility index (Phi) is 1.74. The van der Waals surface area contributed by atoms with Crippen LogP contribution in [-0.2, 0) is 0 Å². The van der Waals surface area contributed by atoms with Crippen molar-refractivity contribution in [2.24, 2.45) is 0 Å². The Labute approximate surface area is 75.6 Å². The van der Waals surface area contributed by atoms with E-state index in [1.54, 1.807) is 13.0 Å². The second-order valence-corrected chi connectivity index (χ2v) is 3.18. The highest BCUT2D eigenvalue weighted by atomic mass is 16.3. The highest BCUT2D eigenvalue weighted by Gasteiger charge is 2.03. The van der Waals surface area contributed by atoms with Crippen LogP contribution in [0.1, 0.15) is 18.6 Å². The van der Waals surface area contributed by atoms with E-state index in [2.05, 4.69) is 4.98 Å². The van der Waals surface area contributed by atoms with Gasteiger partial charge in [0.1, 0.15) is 0 Å². The average Bonchev–Trinajstić information content (AvgIpc) is 2.42. The normalized spacial score (nSPS) is 13.4. The molecule has 0 spiro atoms. The molecule has 1 heterocycles. The van der Waals surface area contributed by atoms with Crippen molar-refractivity contribution >= 4 is 10.9 Å². The van der Waals surface area contributed by atoms with Crippen LogP contribution >= 0.6 is 0 Å². The lowest BCUT2D eigenvalue weighted by Gasteiger charge is -2.03. The van der Waals surface area contributed by atoms with Crippen molar-refractivity contribution in [1.82, 2.24) is 4.98 Å². The standard InChI is InChI=1S/C10H11NO2/c1-6(12)7-2-3-9-8(4-7)5-10(13)11-9/h2-6,11-13H,1H3. The van der Waals surface area contributed by atoms with Crippen LogP contribution in [0.25, 0.3) is 10.9 Å². The SMILES string of the molecule is CC(O)c1ccc2[nH]c(O)cc2c1. The fourth-order valence-corrected chi connectivity index (χ4v) is 1.40. The number of aliphatic hydroxyl groups excluding tert-OH is 1. The fraction of sp³-hybridized carbons (Fsp3) is 0.200. The molecule has 0 aliphatic heterocycles. The second kappa shape index (κ2) is 2.78. The molecule has 0 bridgehead atoms. The van der Waals surface area contributed by atoms with E-state index in [-0.39, 0.29) is 5.88 Å². The molecule has 0 fully saturated rings. The van der Waals surface area contributed by atoms with Gasteiger partial charge in [-0.25, -0.2) is 0 Å². The Hall–Kier alpha value is -1.48. The molecule has 2 aromatic rings. The molecule has 3 N–H and O–H groups in total. The van der Waals surface area contributed by atoms with Crippen molar-refractivity contribution < 1.29 is 10.2 Å². The zero-order chi connectivity index (χ0) is 9.42. The first-order chi connectivity index (χ1) is 6.16. The van der Waals surface area contributed by atoms with E-state index in [1.165, 1.54) is 0 Å². The van der Waals surface area contributed by atoms with E-state index in [0.29, 0.717) is 0 Å². The summed E-state index contributed by atoms with van der Waals surface area (Å²) in [7, 11) is 0. The number of aliphatic hydroxyl groups is 1. The maximum Gasteiger partial charge on any atom is 0.189 e. The summed E-state index contributed by atoms with van der Waals surface area (Å²) in [5.41, 5.74) is 1.73. The topological polar surface area (TPSA) is 56.2 Å². The lowest BCUT2D eigenvalue weighted by Crippen LogP contribution is -1.89. The summed E-state index contributed by atoms with van der Waals surface area (Å²) in [4.78, 5) is 2.80. The van der Waals surface area contributed by atoms with Gasteiger partial charge in [0.05, 0.1) is 6.10 Å². The number of aromatic hydroxyl groups is 1. The van der Waals surface area contributed by atoms with E-state index in [1.807, 2.05) is 18.2 Å². The van der Waals surface area contributed by atoms with Gasteiger partial charge in [-0.2, -0.15) is 0 Å². The van der Waals surface area contributed by atoms with E-state index < -0.39 is 6.10 Å². The Balaban J connectivity index is 2.61. The maximum atomic E-state index is 9.32. The molecule has 68 valence electrons. The second-order valence-electron chi connectivity index (χ2n) is 3.18. The van der Waals surface area contributed by atoms with Crippen molar-refractivity contribution in [2.45, 2.75) is 13.0 Å². The van der Waals surface area contributed by atoms with Crippen LogP contribution in [0.15, 0.2) is 24.3 Å². The lowest BCUT2D eigenvalue weighted by molar-refractivity contribution is 0.199. The van der Waals surface area contributed by atoms with Crippen molar-refractivity contribution in [1.29, 1.82) is 0 Å². The van der Waals surface area contributed by atoms with Crippen molar-refractivity contribution in [3.05, 3.63) is 29.8 Å². The van der Waals surface area contributed by atoms with Crippen LogP contribution in [0, 0.1) is 0 Å². The number of hydrogen-bond acceptors (Lipinski definition) is 2. The van der Waals surface area contributed by atoms with Crippen LogP contribution in [0.4, 0.5) is 0 Å². The van der Waals surface area contributed by atoms with Gasteiger partial charge in [-0.15, -0.1) is 0 Å². The Morgan fingerprint density at radius 3 is 2.77 bits per heavy atom. The summed E-state index contributed by atoms with van der Waals surface area (Å²) >= 11 is 0. The van der Waals surface area contributed by atoms with E-state index >= 15 is 0 Å². The summed E-state index contributed by atoms with van der Waals surface area (Å²) < 4.78 is 0. The van der Waals surface area contributed by atoms with Gasteiger partial charge >= 0.3 is 0 Å². The molecule has 0 radical (unpaired) electrons. The molecule has 0 amide bonds. The maximum absolute atomic E-state index is 9.32. The highest BCUT2D eigenvalue weighted by Crippen LogP contribution is 2.23. The molecule has 0 saturated carbocycles. The number of fused-ring (bicyclic) bond motifs is 1. The first-order valence-electron chi connectivity index (χ1n) is 4.16. The molecular weight excluding hydrogens is 166 g/mol.